The molecule has 1 aromatic rings. The third-order valence-corrected chi connectivity index (χ3v) is 4.74. The lowest BCUT2D eigenvalue weighted by Gasteiger charge is -2.16. The number of thioether (sulfide) groups is 1. The van der Waals surface area contributed by atoms with Crippen molar-refractivity contribution >= 4 is 23.5 Å². The average molecular weight is 360 g/mol. The van der Waals surface area contributed by atoms with E-state index in [1.165, 1.54) is 22.5 Å². The number of hydrogen-bond acceptors (Lipinski definition) is 9. The third kappa shape index (κ3) is 4.24. The van der Waals surface area contributed by atoms with Crippen molar-refractivity contribution in [2.45, 2.75) is 36.7 Å². The molecular formula is C13H20N4O6S. The van der Waals surface area contributed by atoms with Crippen molar-refractivity contribution in [3.63, 3.8) is 0 Å². The van der Waals surface area contributed by atoms with Crippen LogP contribution in [0.25, 0.3) is 0 Å². The molecule has 10 nitrogen and oxygen atoms in total. The van der Waals surface area contributed by atoms with E-state index in [2.05, 4.69) is 4.98 Å². The zero-order valence-corrected chi connectivity index (χ0v) is 13.6. The number of hydrogen-bond donors (Lipinski definition) is 5. The lowest BCUT2D eigenvalue weighted by Crippen LogP contribution is -2.32. The first-order valence-corrected chi connectivity index (χ1v) is 8.37. The fourth-order valence-electron chi connectivity index (χ4n) is 2.26. The number of carboxylic acid groups (broad SMARTS) is 1. The van der Waals surface area contributed by atoms with Crippen molar-refractivity contribution in [3.8, 4) is 0 Å². The topological polar surface area (TPSA) is 174 Å². The van der Waals surface area contributed by atoms with Crippen LogP contribution in [0.5, 0.6) is 0 Å². The predicted octanol–water partition coefficient (Wildman–Crippen LogP) is -1.89. The molecule has 2 heterocycles. The van der Waals surface area contributed by atoms with Crippen molar-refractivity contribution < 1.29 is 24.9 Å². The minimum absolute atomic E-state index is 0.0462. The van der Waals surface area contributed by atoms with E-state index >= 15 is 0 Å². The van der Waals surface area contributed by atoms with E-state index in [1.807, 2.05) is 0 Å². The zero-order valence-electron chi connectivity index (χ0n) is 12.7. The summed E-state index contributed by atoms with van der Waals surface area (Å²) >= 11 is 1.25. The molecule has 1 aliphatic rings. The number of ether oxygens (including phenoxy) is 1. The summed E-state index contributed by atoms with van der Waals surface area (Å²) in [5.74, 6) is -0.551. The first kappa shape index (κ1) is 18.7. The first-order valence-electron chi connectivity index (χ1n) is 7.21. The molecule has 11 heteroatoms. The summed E-state index contributed by atoms with van der Waals surface area (Å²) in [6.07, 6.45) is -0.765. The second-order valence-electron chi connectivity index (χ2n) is 5.42. The molecule has 1 aromatic heterocycles. The lowest BCUT2D eigenvalue weighted by molar-refractivity contribution is -0.137. The van der Waals surface area contributed by atoms with Gasteiger partial charge in [0.15, 0.2) is 0 Å². The molecule has 24 heavy (non-hydrogen) atoms. The highest BCUT2D eigenvalue weighted by Gasteiger charge is 2.35. The van der Waals surface area contributed by atoms with Gasteiger partial charge in [0.2, 0.25) is 0 Å². The highest BCUT2D eigenvalue weighted by atomic mass is 32.2. The van der Waals surface area contributed by atoms with Crippen LogP contribution >= 0.6 is 11.8 Å². The van der Waals surface area contributed by atoms with Gasteiger partial charge in [0.1, 0.15) is 24.2 Å². The molecule has 1 unspecified atom stereocenters. The van der Waals surface area contributed by atoms with Gasteiger partial charge in [-0.2, -0.15) is 16.7 Å². The van der Waals surface area contributed by atoms with E-state index < -0.39 is 36.1 Å². The van der Waals surface area contributed by atoms with Crippen LogP contribution in [0.2, 0.25) is 0 Å². The van der Waals surface area contributed by atoms with Crippen LogP contribution in [-0.4, -0.2) is 61.4 Å². The Labute approximate surface area is 141 Å². The minimum atomic E-state index is -1.10. The fraction of sp³-hybridized carbons (Fsp3) is 0.615. The van der Waals surface area contributed by atoms with Gasteiger partial charge in [0.05, 0.1) is 12.7 Å². The molecule has 134 valence electrons. The lowest BCUT2D eigenvalue weighted by atomic mass is 10.2. The number of nitrogen functional groups attached to an aromatic ring is 1. The summed E-state index contributed by atoms with van der Waals surface area (Å²) in [5.41, 5.74) is 11.1. The van der Waals surface area contributed by atoms with Gasteiger partial charge >= 0.3 is 11.7 Å². The molecule has 0 bridgehead atoms. The molecule has 1 aliphatic heterocycles. The summed E-state index contributed by atoms with van der Waals surface area (Å²) in [6.45, 7) is -0.357. The van der Waals surface area contributed by atoms with Crippen molar-refractivity contribution in [2.24, 2.45) is 5.73 Å². The van der Waals surface area contributed by atoms with Crippen molar-refractivity contribution in [3.05, 3.63) is 22.2 Å². The number of aliphatic carboxylic acids is 1. The number of rotatable bonds is 7. The first-order chi connectivity index (χ1) is 11.3. The van der Waals surface area contributed by atoms with E-state index in [9.17, 15) is 14.7 Å². The van der Waals surface area contributed by atoms with E-state index in [0.717, 1.165) is 0 Å². The molecule has 0 radical (unpaired) electrons. The Balaban J connectivity index is 2.11. The van der Waals surface area contributed by atoms with Crippen LogP contribution in [0, 0.1) is 0 Å². The van der Waals surface area contributed by atoms with E-state index in [-0.39, 0.29) is 24.6 Å². The Morgan fingerprint density at radius 3 is 2.88 bits per heavy atom. The van der Waals surface area contributed by atoms with Gasteiger partial charge in [0, 0.05) is 29.7 Å². The van der Waals surface area contributed by atoms with Crippen LogP contribution in [0.1, 0.15) is 18.2 Å². The number of aliphatic hydroxyl groups excluding tert-OH is 2. The SMILES string of the molecule is Nc1nc(=O)n([C@H]2C[C@H](O)[C@@H](CO)O2)cc1CSCC(N)C(=O)O. The fourth-order valence-corrected chi connectivity index (χ4v) is 3.21. The van der Waals surface area contributed by atoms with Crippen LogP contribution in [0.3, 0.4) is 0 Å². The molecule has 0 spiro atoms. The second kappa shape index (κ2) is 7.94. The highest BCUT2D eigenvalue weighted by molar-refractivity contribution is 7.98. The van der Waals surface area contributed by atoms with Gasteiger partial charge in [-0.05, 0) is 0 Å². The van der Waals surface area contributed by atoms with Gasteiger partial charge in [-0.3, -0.25) is 9.36 Å². The minimum Gasteiger partial charge on any atom is -0.480 e. The number of aliphatic hydroxyl groups is 2. The average Bonchev–Trinajstić information content (AvgIpc) is 2.89. The highest BCUT2D eigenvalue weighted by Crippen LogP contribution is 2.28. The van der Waals surface area contributed by atoms with Gasteiger partial charge in [-0.15, -0.1) is 0 Å². The standard InChI is InChI=1S/C13H20N4O6S/c14-7(12(20)21)5-24-4-6-2-17(13(22)16-11(6)15)10-1-8(19)9(3-18)23-10/h2,7-10,18-19H,1,3-5,14H2,(H,20,21)(H2,15,16,22)/t7?,8-,9+,10+/m0/s1. The third-order valence-electron chi connectivity index (χ3n) is 3.63. The Bertz CT molecular complexity index is 654. The Hall–Kier alpha value is -1.66. The summed E-state index contributed by atoms with van der Waals surface area (Å²) in [7, 11) is 0. The van der Waals surface area contributed by atoms with Crippen LogP contribution in [0.15, 0.2) is 11.0 Å². The zero-order chi connectivity index (χ0) is 17.9. The number of carbonyl (C=O) groups is 1. The van der Waals surface area contributed by atoms with Crippen molar-refractivity contribution in [1.29, 1.82) is 0 Å². The number of carboxylic acids is 1. The number of aromatic nitrogens is 2. The monoisotopic (exact) mass is 360 g/mol. The second-order valence-corrected chi connectivity index (χ2v) is 6.45. The molecule has 2 rings (SSSR count). The summed E-state index contributed by atoms with van der Waals surface area (Å²) < 4.78 is 6.65. The largest absolute Gasteiger partial charge is 0.480 e. The smallest absolute Gasteiger partial charge is 0.351 e. The quantitative estimate of drug-likeness (QED) is 0.370. The van der Waals surface area contributed by atoms with Gasteiger partial charge in [-0.25, -0.2) is 4.79 Å². The summed E-state index contributed by atoms with van der Waals surface area (Å²) in [6, 6.07) is -0.992. The molecule has 0 aromatic carbocycles. The number of nitrogens with zero attached hydrogens (tertiary/aromatic N) is 2. The Morgan fingerprint density at radius 2 is 2.29 bits per heavy atom. The molecule has 0 amide bonds. The molecular weight excluding hydrogens is 340 g/mol. The molecule has 4 atom stereocenters. The summed E-state index contributed by atoms with van der Waals surface area (Å²) in [5, 5.41) is 27.6. The Morgan fingerprint density at radius 1 is 1.58 bits per heavy atom. The van der Waals surface area contributed by atoms with E-state index in [4.69, 9.17) is 26.4 Å². The maximum atomic E-state index is 12.0. The normalized spacial score (nSPS) is 24.9. The van der Waals surface area contributed by atoms with Crippen molar-refractivity contribution in [1.82, 2.24) is 9.55 Å². The van der Waals surface area contributed by atoms with E-state index in [1.54, 1.807) is 0 Å². The molecule has 1 saturated heterocycles. The maximum Gasteiger partial charge on any atom is 0.351 e. The number of anilines is 1. The van der Waals surface area contributed by atoms with Crippen LogP contribution in [0.4, 0.5) is 5.82 Å². The predicted molar refractivity (Wildman–Crippen MR) is 86.3 cm³/mol. The van der Waals surface area contributed by atoms with Gasteiger partial charge in [0.25, 0.3) is 0 Å². The summed E-state index contributed by atoms with van der Waals surface area (Å²) in [4.78, 5) is 26.4. The van der Waals surface area contributed by atoms with E-state index in [0.29, 0.717) is 11.3 Å². The van der Waals surface area contributed by atoms with Crippen LogP contribution < -0.4 is 17.2 Å². The Kier molecular flexibility index (Phi) is 6.18. The molecule has 7 N–H and O–H groups in total. The van der Waals surface area contributed by atoms with Crippen molar-refractivity contribution in [2.75, 3.05) is 18.1 Å². The van der Waals surface area contributed by atoms with Gasteiger partial charge in [-0.1, -0.05) is 0 Å². The molecule has 1 fully saturated rings. The molecule has 0 saturated carbocycles. The van der Waals surface area contributed by atoms with Crippen LogP contribution in [-0.2, 0) is 15.3 Å². The molecule has 0 aliphatic carbocycles. The van der Waals surface area contributed by atoms with Gasteiger partial charge < -0.3 is 31.5 Å². The number of nitrogens with two attached hydrogens (primary N) is 2. The maximum absolute atomic E-state index is 12.0.